The van der Waals surface area contributed by atoms with E-state index in [-0.39, 0.29) is 17.3 Å². The van der Waals surface area contributed by atoms with Crippen LogP contribution in [0.3, 0.4) is 0 Å². The van der Waals surface area contributed by atoms with Gasteiger partial charge in [-0.1, -0.05) is 0 Å². The Kier molecular flexibility index (Phi) is 5.25. The van der Waals surface area contributed by atoms with Crippen LogP contribution >= 0.6 is 0 Å². The predicted molar refractivity (Wildman–Crippen MR) is 95.2 cm³/mol. The van der Waals surface area contributed by atoms with Crippen LogP contribution < -0.4 is 10.2 Å². The van der Waals surface area contributed by atoms with Crippen LogP contribution in [0.2, 0.25) is 0 Å². The Morgan fingerprint density at radius 1 is 1.08 bits per heavy atom. The molecule has 1 aromatic heterocycles. The molecular weight excluding hydrogens is 338 g/mol. The largest absolute Gasteiger partial charge is 0.443 e. The number of hydrogen-bond acceptors (Lipinski definition) is 6. The number of pyridine rings is 1. The minimum Gasteiger partial charge on any atom is -0.443 e. The Bertz CT molecular complexity index is 703. The van der Waals surface area contributed by atoms with E-state index in [0.29, 0.717) is 18.5 Å². The molecule has 0 aliphatic carbocycles. The zero-order valence-electron chi connectivity index (χ0n) is 16.0. The molecule has 0 unspecified atom stereocenters. The molecule has 0 radical (unpaired) electrons. The molecule has 2 rings (SSSR count). The van der Waals surface area contributed by atoms with Crippen LogP contribution in [-0.2, 0) is 15.9 Å². The summed E-state index contributed by atoms with van der Waals surface area (Å²) in [4.78, 5) is 42.4. The zero-order valence-corrected chi connectivity index (χ0v) is 16.0. The van der Waals surface area contributed by atoms with Crippen LogP contribution in [-0.4, -0.2) is 40.8 Å². The summed E-state index contributed by atoms with van der Waals surface area (Å²) in [7, 11) is 0. The molecular formula is C18H25N3O5. The van der Waals surface area contributed by atoms with Gasteiger partial charge < -0.3 is 14.8 Å². The third-order valence-corrected chi connectivity index (χ3v) is 3.30. The second-order valence-corrected chi connectivity index (χ2v) is 7.96. The van der Waals surface area contributed by atoms with Crippen LogP contribution in [0.25, 0.3) is 0 Å². The first kappa shape index (κ1) is 19.7. The van der Waals surface area contributed by atoms with Gasteiger partial charge in [-0.25, -0.2) is 9.59 Å². The molecule has 1 N–H and O–H groups in total. The van der Waals surface area contributed by atoms with Gasteiger partial charge in [0.1, 0.15) is 16.9 Å². The molecule has 0 saturated carbocycles. The fourth-order valence-corrected chi connectivity index (χ4v) is 2.40. The number of fused-ring (bicyclic) bond motifs is 1. The number of hydrogen-bond donors (Lipinski definition) is 1. The quantitative estimate of drug-likeness (QED) is 0.823. The van der Waals surface area contributed by atoms with Gasteiger partial charge in [-0.15, -0.1) is 0 Å². The Balaban J connectivity index is 2.51. The van der Waals surface area contributed by atoms with E-state index in [1.165, 1.54) is 12.3 Å². The number of amides is 3. The molecule has 1 aromatic rings. The van der Waals surface area contributed by atoms with Crippen LogP contribution in [0.15, 0.2) is 12.3 Å². The van der Waals surface area contributed by atoms with Gasteiger partial charge in [0, 0.05) is 18.3 Å². The molecule has 26 heavy (non-hydrogen) atoms. The summed E-state index contributed by atoms with van der Waals surface area (Å²) in [5.74, 6) is -0.346. The van der Waals surface area contributed by atoms with Gasteiger partial charge in [-0.05, 0) is 54.0 Å². The summed E-state index contributed by atoms with van der Waals surface area (Å²) in [6.07, 6.45) is 0.0740. The van der Waals surface area contributed by atoms with Gasteiger partial charge in [-0.3, -0.25) is 9.78 Å². The minimum atomic E-state index is -0.869. The molecule has 142 valence electrons. The molecule has 0 fully saturated rings. The number of anilines is 1. The van der Waals surface area contributed by atoms with Crippen molar-refractivity contribution in [2.24, 2.45) is 0 Å². The lowest BCUT2D eigenvalue weighted by atomic mass is 10.0. The van der Waals surface area contributed by atoms with Crippen molar-refractivity contribution in [3.63, 3.8) is 0 Å². The Morgan fingerprint density at radius 2 is 1.62 bits per heavy atom. The van der Waals surface area contributed by atoms with Crippen molar-refractivity contribution in [1.82, 2.24) is 10.3 Å². The van der Waals surface area contributed by atoms with Crippen molar-refractivity contribution in [2.75, 3.05) is 11.4 Å². The SMILES string of the molecule is CC(C)(C)OC(=O)N(C(=O)OC(C)(C)C)c1ccnc2c1CCNC2=O. The summed E-state index contributed by atoms with van der Waals surface area (Å²) in [6.45, 7) is 10.6. The number of ether oxygens (including phenoxy) is 2. The third-order valence-electron chi connectivity index (χ3n) is 3.30. The molecule has 1 aliphatic rings. The highest BCUT2D eigenvalue weighted by Gasteiger charge is 2.35. The molecule has 0 aromatic carbocycles. The van der Waals surface area contributed by atoms with E-state index < -0.39 is 23.4 Å². The van der Waals surface area contributed by atoms with E-state index >= 15 is 0 Å². The molecule has 2 heterocycles. The third kappa shape index (κ3) is 4.71. The molecule has 8 heteroatoms. The maximum absolute atomic E-state index is 12.7. The van der Waals surface area contributed by atoms with Crippen LogP contribution in [0.4, 0.5) is 15.3 Å². The Labute approximate surface area is 152 Å². The van der Waals surface area contributed by atoms with Gasteiger partial charge in [-0.2, -0.15) is 4.90 Å². The lowest BCUT2D eigenvalue weighted by Gasteiger charge is -2.30. The molecule has 0 spiro atoms. The van der Waals surface area contributed by atoms with E-state index in [0.717, 1.165) is 4.90 Å². The van der Waals surface area contributed by atoms with Crippen molar-refractivity contribution in [3.8, 4) is 0 Å². The van der Waals surface area contributed by atoms with E-state index in [4.69, 9.17) is 9.47 Å². The second-order valence-electron chi connectivity index (χ2n) is 7.96. The average Bonchev–Trinajstić information content (AvgIpc) is 2.44. The monoisotopic (exact) mass is 363 g/mol. The van der Waals surface area contributed by atoms with Gasteiger partial charge in [0.25, 0.3) is 5.91 Å². The van der Waals surface area contributed by atoms with Crippen molar-refractivity contribution in [3.05, 3.63) is 23.5 Å². The van der Waals surface area contributed by atoms with Gasteiger partial charge in [0.2, 0.25) is 0 Å². The molecule has 0 atom stereocenters. The zero-order chi connectivity index (χ0) is 19.7. The normalized spacial score (nSPS) is 14.2. The predicted octanol–water partition coefficient (Wildman–Crippen LogP) is 3.04. The molecule has 1 aliphatic heterocycles. The number of aromatic nitrogens is 1. The fraction of sp³-hybridized carbons (Fsp3) is 0.556. The molecule has 3 amide bonds. The van der Waals surface area contributed by atoms with Crippen molar-refractivity contribution in [1.29, 1.82) is 0 Å². The number of carbonyl (C=O) groups is 3. The maximum atomic E-state index is 12.7. The lowest BCUT2D eigenvalue weighted by Crippen LogP contribution is -2.45. The maximum Gasteiger partial charge on any atom is 0.424 e. The van der Waals surface area contributed by atoms with Crippen LogP contribution in [0, 0.1) is 0 Å². The number of rotatable bonds is 1. The van der Waals surface area contributed by atoms with Crippen LogP contribution in [0.5, 0.6) is 0 Å². The first-order valence-corrected chi connectivity index (χ1v) is 8.41. The highest BCUT2D eigenvalue weighted by molar-refractivity contribution is 6.11. The average molecular weight is 363 g/mol. The summed E-state index contributed by atoms with van der Waals surface area (Å²) in [5.41, 5.74) is -0.670. The van der Waals surface area contributed by atoms with Crippen molar-refractivity contribution >= 4 is 23.8 Å². The fourth-order valence-electron chi connectivity index (χ4n) is 2.40. The first-order chi connectivity index (χ1) is 11.9. The van der Waals surface area contributed by atoms with Crippen molar-refractivity contribution < 1.29 is 23.9 Å². The Morgan fingerprint density at radius 3 is 2.12 bits per heavy atom. The van der Waals surface area contributed by atoms with Crippen LogP contribution in [0.1, 0.15) is 57.6 Å². The van der Waals surface area contributed by atoms with Gasteiger partial charge >= 0.3 is 12.2 Å². The second kappa shape index (κ2) is 6.93. The highest BCUT2D eigenvalue weighted by atomic mass is 16.6. The van der Waals surface area contributed by atoms with E-state index in [2.05, 4.69) is 10.3 Å². The lowest BCUT2D eigenvalue weighted by molar-refractivity contribution is 0.0429. The summed E-state index contributed by atoms with van der Waals surface area (Å²) in [5, 5.41) is 2.69. The topological polar surface area (TPSA) is 97.8 Å². The van der Waals surface area contributed by atoms with Gasteiger partial charge in [0.05, 0.1) is 5.69 Å². The smallest absolute Gasteiger partial charge is 0.424 e. The molecule has 0 bridgehead atoms. The van der Waals surface area contributed by atoms with E-state index in [9.17, 15) is 14.4 Å². The molecule has 0 saturated heterocycles. The number of nitrogens with one attached hydrogen (secondary N) is 1. The summed E-state index contributed by atoms with van der Waals surface area (Å²) in [6, 6.07) is 1.51. The standard InChI is InChI=1S/C18H25N3O5/c1-17(2,3)25-15(23)21(16(24)26-18(4,5)6)12-8-10-19-13-11(12)7-9-20-14(13)22/h8,10H,7,9H2,1-6H3,(H,20,22). The van der Waals surface area contributed by atoms with E-state index in [1.807, 2.05) is 0 Å². The first-order valence-electron chi connectivity index (χ1n) is 8.41. The number of carbonyl (C=O) groups excluding carboxylic acids is 3. The number of imide groups is 1. The van der Waals surface area contributed by atoms with E-state index in [1.54, 1.807) is 41.5 Å². The summed E-state index contributed by atoms with van der Waals surface area (Å²) < 4.78 is 10.7. The van der Waals surface area contributed by atoms with Crippen molar-refractivity contribution in [2.45, 2.75) is 59.2 Å². The highest BCUT2D eigenvalue weighted by Crippen LogP contribution is 2.28. The molecule has 8 nitrogen and oxygen atoms in total. The summed E-state index contributed by atoms with van der Waals surface area (Å²) >= 11 is 0. The van der Waals surface area contributed by atoms with Gasteiger partial charge in [0.15, 0.2) is 0 Å². The minimum absolute atomic E-state index is 0.186. The number of nitrogens with zero attached hydrogens (tertiary/aromatic N) is 2. The Hall–Kier alpha value is -2.64.